The van der Waals surface area contributed by atoms with Crippen molar-refractivity contribution in [1.29, 1.82) is 0 Å². The van der Waals surface area contributed by atoms with Crippen molar-refractivity contribution in [3.05, 3.63) is 52.6 Å². The SMILES string of the molecule is CC(C)(C(=O)[O-])c1nc(-c2ccc(F)cc2)oc1-c1ccsc1.[Na+]. The minimum atomic E-state index is -1.32. The number of carboxylic acid groups (broad SMARTS) is 1. The van der Waals surface area contributed by atoms with E-state index in [0.29, 0.717) is 11.3 Å². The van der Waals surface area contributed by atoms with Crippen LogP contribution in [0.25, 0.3) is 22.8 Å². The number of rotatable bonds is 4. The number of hydrogen-bond acceptors (Lipinski definition) is 5. The maximum atomic E-state index is 13.1. The van der Waals surface area contributed by atoms with Crippen molar-refractivity contribution in [3.8, 4) is 22.8 Å². The maximum Gasteiger partial charge on any atom is 1.00 e. The molecule has 0 fully saturated rings. The molecule has 0 N–H and O–H groups in total. The first-order valence-corrected chi connectivity index (χ1v) is 7.85. The summed E-state index contributed by atoms with van der Waals surface area (Å²) < 4.78 is 18.9. The van der Waals surface area contributed by atoms with E-state index in [0.717, 1.165) is 5.56 Å². The molecule has 0 saturated carbocycles. The smallest absolute Gasteiger partial charge is 0.549 e. The molecule has 0 saturated heterocycles. The molecule has 0 aliphatic carbocycles. The molecule has 0 aliphatic heterocycles. The van der Waals surface area contributed by atoms with Gasteiger partial charge in [-0.25, -0.2) is 9.37 Å². The Balaban J connectivity index is 0.00000208. The zero-order valence-corrected chi connectivity index (χ0v) is 16.3. The first-order chi connectivity index (χ1) is 10.9. The van der Waals surface area contributed by atoms with Gasteiger partial charge in [0.1, 0.15) is 5.82 Å². The third-order valence-electron chi connectivity index (χ3n) is 3.60. The average Bonchev–Trinajstić information content (AvgIpc) is 3.17. The van der Waals surface area contributed by atoms with Crippen LogP contribution in [0.3, 0.4) is 0 Å². The third-order valence-corrected chi connectivity index (χ3v) is 4.29. The Morgan fingerprint density at radius 1 is 1.21 bits per heavy atom. The summed E-state index contributed by atoms with van der Waals surface area (Å²) in [5.74, 6) is -0.975. The Kier molecular flexibility index (Phi) is 5.65. The second kappa shape index (κ2) is 7.19. The van der Waals surface area contributed by atoms with Crippen LogP contribution in [0.1, 0.15) is 19.5 Å². The molecule has 2 aromatic heterocycles. The maximum absolute atomic E-state index is 13.1. The molecule has 1 aromatic carbocycles. The van der Waals surface area contributed by atoms with Gasteiger partial charge in [0, 0.05) is 16.5 Å². The predicted molar refractivity (Wildman–Crippen MR) is 83.2 cm³/mol. The van der Waals surface area contributed by atoms with Gasteiger partial charge in [-0.15, -0.1) is 0 Å². The Labute approximate surface area is 164 Å². The van der Waals surface area contributed by atoms with Crippen molar-refractivity contribution in [2.75, 3.05) is 0 Å². The number of carboxylic acids is 1. The molecule has 3 rings (SSSR count). The van der Waals surface area contributed by atoms with Gasteiger partial charge < -0.3 is 14.3 Å². The van der Waals surface area contributed by atoms with Crippen LogP contribution in [0.4, 0.5) is 4.39 Å². The predicted octanol–water partition coefficient (Wildman–Crippen LogP) is 0.241. The quantitative estimate of drug-likeness (QED) is 0.631. The van der Waals surface area contributed by atoms with Crippen molar-refractivity contribution in [2.45, 2.75) is 19.3 Å². The molecular weight excluding hydrogens is 340 g/mol. The van der Waals surface area contributed by atoms with E-state index in [2.05, 4.69) is 4.98 Å². The number of halogens is 1. The van der Waals surface area contributed by atoms with Crippen LogP contribution in [0, 0.1) is 5.82 Å². The number of hydrogen-bond donors (Lipinski definition) is 0. The van der Waals surface area contributed by atoms with Gasteiger partial charge in [0.15, 0.2) is 5.76 Å². The van der Waals surface area contributed by atoms with Crippen molar-refractivity contribution in [3.63, 3.8) is 0 Å². The minimum absolute atomic E-state index is 0. The number of nitrogens with zero attached hydrogens (tertiary/aromatic N) is 1. The number of carbonyl (C=O) groups is 1. The van der Waals surface area contributed by atoms with E-state index in [1.54, 1.807) is 0 Å². The van der Waals surface area contributed by atoms with E-state index in [9.17, 15) is 14.3 Å². The molecule has 24 heavy (non-hydrogen) atoms. The molecule has 3 aromatic rings. The molecule has 4 nitrogen and oxygen atoms in total. The molecule has 0 unspecified atom stereocenters. The molecule has 0 bridgehead atoms. The van der Waals surface area contributed by atoms with Crippen LogP contribution in [-0.2, 0) is 10.2 Å². The topological polar surface area (TPSA) is 66.2 Å². The van der Waals surface area contributed by atoms with E-state index in [1.165, 1.54) is 49.4 Å². The molecule has 0 atom stereocenters. The second-order valence-electron chi connectivity index (χ2n) is 5.63. The minimum Gasteiger partial charge on any atom is -0.549 e. The van der Waals surface area contributed by atoms with E-state index in [-0.39, 0.29) is 47.0 Å². The van der Waals surface area contributed by atoms with Gasteiger partial charge in [0.2, 0.25) is 5.89 Å². The Morgan fingerprint density at radius 3 is 2.42 bits per heavy atom. The molecule has 0 radical (unpaired) electrons. The summed E-state index contributed by atoms with van der Waals surface area (Å²) in [5.41, 5.74) is 0.290. The van der Waals surface area contributed by atoms with Crippen molar-refractivity contribution >= 4 is 17.3 Å². The van der Waals surface area contributed by atoms with Crippen molar-refractivity contribution < 1.29 is 48.3 Å². The van der Waals surface area contributed by atoms with Crippen LogP contribution in [-0.4, -0.2) is 11.0 Å². The summed E-state index contributed by atoms with van der Waals surface area (Å²) in [4.78, 5) is 15.8. The fourth-order valence-corrected chi connectivity index (χ4v) is 2.78. The van der Waals surface area contributed by atoms with Gasteiger partial charge in [-0.1, -0.05) is 0 Å². The van der Waals surface area contributed by atoms with Gasteiger partial charge in [-0.05, 0) is 49.6 Å². The number of aliphatic carboxylic acids is 1. The summed E-state index contributed by atoms with van der Waals surface area (Å²) in [6.45, 7) is 3.04. The zero-order valence-electron chi connectivity index (χ0n) is 13.5. The Hall–Kier alpha value is -1.47. The van der Waals surface area contributed by atoms with Gasteiger partial charge >= 0.3 is 29.6 Å². The van der Waals surface area contributed by atoms with Crippen molar-refractivity contribution in [2.24, 2.45) is 0 Å². The number of carbonyl (C=O) groups excluding carboxylic acids is 1. The number of thiophene rings is 1. The standard InChI is InChI=1S/C17H14FNO3S.Na/c1-17(2,16(20)21)14-13(11-7-8-23-9-11)22-15(19-14)10-3-5-12(18)6-4-10;/h3-9H,1-2H3,(H,20,21);/q;+1/p-1. The molecule has 7 heteroatoms. The van der Waals surface area contributed by atoms with E-state index in [4.69, 9.17) is 4.42 Å². The largest absolute Gasteiger partial charge is 1.00 e. The summed E-state index contributed by atoms with van der Waals surface area (Å²) in [6.07, 6.45) is 0. The van der Waals surface area contributed by atoms with Crippen LogP contribution in [0.2, 0.25) is 0 Å². The fourth-order valence-electron chi connectivity index (χ4n) is 2.15. The van der Waals surface area contributed by atoms with E-state index >= 15 is 0 Å². The second-order valence-corrected chi connectivity index (χ2v) is 6.41. The average molecular weight is 353 g/mol. The van der Waals surface area contributed by atoms with Gasteiger partial charge in [0.25, 0.3) is 0 Å². The molecule has 118 valence electrons. The summed E-state index contributed by atoms with van der Waals surface area (Å²) >= 11 is 1.47. The molecule has 0 aliphatic rings. The normalized spacial score (nSPS) is 11.1. The molecule has 0 amide bonds. The number of aromatic nitrogens is 1. The molecule has 2 heterocycles. The third kappa shape index (κ3) is 3.47. The zero-order chi connectivity index (χ0) is 16.6. The Morgan fingerprint density at radius 2 is 1.88 bits per heavy atom. The number of oxazole rings is 1. The van der Waals surface area contributed by atoms with Crippen LogP contribution >= 0.6 is 11.3 Å². The van der Waals surface area contributed by atoms with Gasteiger partial charge in [-0.3, -0.25) is 0 Å². The van der Waals surface area contributed by atoms with Crippen LogP contribution in [0.15, 0.2) is 45.5 Å². The van der Waals surface area contributed by atoms with Crippen LogP contribution < -0.4 is 34.7 Å². The molecule has 0 spiro atoms. The van der Waals surface area contributed by atoms with Crippen molar-refractivity contribution in [1.82, 2.24) is 4.98 Å². The van der Waals surface area contributed by atoms with E-state index < -0.39 is 11.4 Å². The van der Waals surface area contributed by atoms with Gasteiger partial charge in [-0.2, -0.15) is 11.3 Å². The molecular formula is C17H13FNNaO3S. The monoisotopic (exact) mass is 353 g/mol. The summed E-state index contributed by atoms with van der Waals surface area (Å²) in [7, 11) is 0. The van der Waals surface area contributed by atoms with Gasteiger partial charge in [0.05, 0.1) is 17.1 Å². The van der Waals surface area contributed by atoms with Crippen LogP contribution in [0.5, 0.6) is 0 Å². The fraction of sp³-hybridized carbons (Fsp3) is 0.176. The van der Waals surface area contributed by atoms with E-state index in [1.807, 2.05) is 16.8 Å². The Bertz CT molecular complexity index is 841. The number of benzene rings is 1. The summed E-state index contributed by atoms with van der Waals surface area (Å²) in [5, 5.41) is 15.2. The first kappa shape index (κ1) is 18.9. The summed E-state index contributed by atoms with van der Waals surface area (Å²) in [6, 6.07) is 7.50. The first-order valence-electron chi connectivity index (χ1n) is 6.91.